The molecule has 3 heterocycles. The average molecular weight is 578 g/mol. The number of hydrogen-bond donors (Lipinski definition) is 1. The van der Waals surface area contributed by atoms with Crippen molar-refractivity contribution < 1.29 is 23.5 Å². The Balaban J connectivity index is 1.18. The highest BCUT2D eigenvalue weighted by Gasteiger charge is 2.34. The summed E-state index contributed by atoms with van der Waals surface area (Å²) in [6.45, 7) is 7.73. The fraction of sp³-hybridized carbons (Fsp3) is 0.452. The topological polar surface area (TPSA) is 116 Å². The standard InChI is InChI=1S/C31H36FN5O5/c1-31(2,3)42-30(41)37-12-10-21(11-13-37)28(39)35-14-16-36(17-15-35)29(40)24-18-20(8-9-25(24)32)19-26-22-6-4-5-7-23(22)27(38)34-33-26/h4-9,18,21H,10-17,19H2,1-3H3,(H,34,38). The molecule has 1 N–H and O–H groups in total. The van der Waals surface area contributed by atoms with Crippen LogP contribution in [0.2, 0.25) is 0 Å². The van der Waals surface area contributed by atoms with Gasteiger partial charge in [0.15, 0.2) is 0 Å². The van der Waals surface area contributed by atoms with E-state index in [-0.39, 0.29) is 29.0 Å². The van der Waals surface area contributed by atoms with Gasteiger partial charge in [0, 0.05) is 57.0 Å². The number of fused-ring (bicyclic) bond motifs is 1. The number of benzene rings is 2. The summed E-state index contributed by atoms with van der Waals surface area (Å²) in [5.41, 5.74) is 0.430. The molecule has 0 aliphatic carbocycles. The van der Waals surface area contributed by atoms with E-state index in [4.69, 9.17) is 4.74 Å². The molecule has 0 radical (unpaired) electrons. The fourth-order valence-electron chi connectivity index (χ4n) is 5.54. The first kappa shape index (κ1) is 29.2. The molecular formula is C31H36FN5O5. The number of H-pyrrole nitrogens is 1. The fourth-order valence-corrected chi connectivity index (χ4v) is 5.54. The molecule has 2 aromatic carbocycles. The Labute approximate surface area is 243 Å². The van der Waals surface area contributed by atoms with Crippen LogP contribution in [-0.2, 0) is 16.0 Å². The first-order chi connectivity index (χ1) is 20.0. The van der Waals surface area contributed by atoms with Crippen LogP contribution in [0.5, 0.6) is 0 Å². The summed E-state index contributed by atoms with van der Waals surface area (Å²) in [6, 6.07) is 11.6. The second kappa shape index (κ2) is 11.9. The summed E-state index contributed by atoms with van der Waals surface area (Å²) >= 11 is 0. The molecule has 42 heavy (non-hydrogen) atoms. The molecule has 3 aromatic rings. The molecular weight excluding hydrogens is 541 g/mol. The van der Waals surface area contributed by atoms with Gasteiger partial charge in [-0.25, -0.2) is 14.3 Å². The number of aromatic amines is 1. The highest BCUT2D eigenvalue weighted by Crippen LogP contribution is 2.24. The van der Waals surface area contributed by atoms with Crippen molar-refractivity contribution in [1.82, 2.24) is 24.9 Å². The summed E-state index contributed by atoms with van der Waals surface area (Å²) in [6.07, 6.45) is 1.08. The first-order valence-electron chi connectivity index (χ1n) is 14.3. The number of halogens is 1. The Hall–Kier alpha value is -4.28. The van der Waals surface area contributed by atoms with Crippen LogP contribution in [0.1, 0.15) is 55.2 Å². The molecule has 0 unspecified atom stereocenters. The smallest absolute Gasteiger partial charge is 0.410 e. The van der Waals surface area contributed by atoms with Crippen LogP contribution in [0.3, 0.4) is 0 Å². The molecule has 5 rings (SSSR count). The van der Waals surface area contributed by atoms with Gasteiger partial charge < -0.3 is 19.4 Å². The van der Waals surface area contributed by atoms with E-state index in [0.29, 0.717) is 80.6 Å². The van der Waals surface area contributed by atoms with E-state index in [1.807, 2.05) is 32.9 Å². The number of piperidine rings is 1. The predicted molar refractivity (Wildman–Crippen MR) is 155 cm³/mol. The monoisotopic (exact) mass is 577 g/mol. The van der Waals surface area contributed by atoms with Crippen LogP contribution < -0.4 is 5.56 Å². The van der Waals surface area contributed by atoms with Crippen molar-refractivity contribution in [2.24, 2.45) is 5.92 Å². The second-order valence-electron chi connectivity index (χ2n) is 11.9. The quantitative estimate of drug-likeness (QED) is 0.507. The third kappa shape index (κ3) is 6.45. The summed E-state index contributed by atoms with van der Waals surface area (Å²) in [5, 5.41) is 7.91. The Kier molecular flexibility index (Phi) is 8.29. The highest BCUT2D eigenvalue weighted by atomic mass is 19.1. The van der Waals surface area contributed by atoms with Gasteiger partial charge in [-0.05, 0) is 57.4 Å². The van der Waals surface area contributed by atoms with Crippen LogP contribution in [0.15, 0.2) is 47.3 Å². The Morgan fingerprint density at radius 3 is 2.24 bits per heavy atom. The molecule has 3 amide bonds. The van der Waals surface area contributed by atoms with Crippen molar-refractivity contribution in [3.63, 3.8) is 0 Å². The molecule has 0 saturated carbocycles. The van der Waals surface area contributed by atoms with Crippen molar-refractivity contribution in [1.29, 1.82) is 0 Å². The van der Waals surface area contributed by atoms with Gasteiger partial charge in [0.05, 0.1) is 16.6 Å². The molecule has 0 spiro atoms. The van der Waals surface area contributed by atoms with Gasteiger partial charge in [-0.2, -0.15) is 5.10 Å². The largest absolute Gasteiger partial charge is 0.444 e. The molecule has 10 nitrogen and oxygen atoms in total. The van der Waals surface area contributed by atoms with Gasteiger partial charge in [0.1, 0.15) is 11.4 Å². The third-order valence-corrected chi connectivity index (χ3v) is 7.78. The molecule has 11 heteroatoms. The summed E-state index contributed by atoms with van der Waals surface area (Å²) < 4.78 is 20.3. The molecule has 2 saturated heterocycles. The van der Waals surface area contributed by atoms with Crippen molar-refractivity contribution in [3.05, 3.63) is 75.5 Å². The Bertz CT molecular complexity index is 1550. The predicted octanol–water partition coefficient (Wildman–Crippen LogP) is 3.58. The van der Waals surface area contributed by atoms with E-state index in [0.717, 1.165) is 0 Å². The number of likely N-dealkylation sites (tertiary alicyclic amines) is 1. The number of piperazine rings is 1. The number of amides is 3. The lowest BCUT2D eigenvalue weighted by Crippen LogP contribution is -2.53. The Morgan fingerprint density at radius 2 is 1.57 bits per heavy atom. The zero-order valence-corrected chi connectivity index (χ0v) is 24.2. The van der Waals surface area contributed by atoms with E-state index in [2.05, 4.69) is 10.2 Å². The first-order valence-corrected chi connectivity index (χ1v) is 14.3. The van der Waals surface area contributed by atoms with Crippen molar-refractivity contribution >= 4 is 28.7 Å². The number of nitrogens with one attached hydrogen (secondary N) is 1. The number of rotatable bonds is 4. The number of aromatic nitrogens is 2. The molecule has 2 aliphatic rings. The van der Waals surface area contributed by atoms with E-state index < -0.39 is 17.3 Å². The highest BCUT2D eigenvalue weighted by molar-refractivity contribution is 5.95. The average Bonchev–Trinajstić information content (AvgIpc) is 2.98. The van der Waals surface area contributed by atoms with Gasteiger partial charge in [-0.1, -0.05) is 24.3 Å². The molecule has 0 bridgehead atoms. The van der Waals surface area contributed by atoms with Crippen molar-refractivity contribution in [2.45, 2.75) is 45.6 Å². The molecule has 0 atom stereocenters. The Morgan fingerprint density at radius 1 is 0.929 bits per heavy atom. The van der Waals surface area contributed by atoms with E-state index in [9.17, 15) is 23.6 Å². The van der Waals surface area contributed by atoms with Gasteiger partial charge in [0.2, 0.25) is 5.91 Å². The maximum atomic E-state index is 14.8. The summed E-state index contributed by atoms with van der Waals surface area (Å²) in [7, 11) is 0. The van der Waals surface area contributed by atoms with Gasteiger partial charge >= 0.3 is 6.09 Å². The number of hydrogen-bond acceptors (Lipinski definition) is 6. The van der Waals surface area contributed by atoms with Gasteiger partial charge in [-0.3, -0.25) is 14.4 Å². The van der Waals surface area contributed by atoms with Crippen molar-refractivity contribution in [2.75, 3.05) is 39.3 Å². The van der Waals surface area contributed by atoms with Gasteiger partial charge in [-0.15, -0.1) is 0 Å². The SMILES string of the molecule is CC(C)(C)OC(=O)N1CCC(C(=O)N2CCN(C(=O)c3cc(Cc4n[nH]c(=O)c5ccccc45)ccc3F)CC2)CC1. The molecule has 1 aromatic heterocycles. The number of ether oxygens (including phenoxy) is 1. The molecule has 2 aliphatic heterocycles. The number of carbonyl (C=O) groups is 3. The lowest BCUT2D eigenvalue weighted by atomic mass is 9.95. The zero-order valence-electron chi connectivity index (χ0n) is 24.2. The minimum Gasteiger partial charge on any atom is -0.444 e. The zero-order chi connectivity index (χ0) is 30.0. The van der Waals surface area contributed by atoms with Crippen molar-refractivity contribution in [3.8, 4) is 0 Å². The van der Waals surface area contributed by atoms with Crippen LogP contribution in [0.25, 0.3) is 10.8 Å². The van der Waals surface area contributed by atoms with Crippen LogP contribution >= 0.6 is 0 Å². The molecule has 222 valence electrons. The number of nitrogens with zero attached hydrogens (tertiary/aromatic N) is 4. The summed E-state index contributed by atoms with van der Waals surface area (Å²) in [5.74, 6) is -1.19. The van der Waals surface area contributed by atoms with E-state index in [1.54, 1.807) is 32.9 Å². The lowest BCUT2D eigenvalue weighted by Gasteiger charge is -2.38. The van der Waals surface area contributed by atoms with E-state index >= 15 is 0 Å². The lowest BCUT2D eigenvalue weighted by molar-refractivity contribution is -0.138. The van der Waals surface area contributed by atoms with Crippen LogP contribution in [-0.4, -0.2) is 87.7 Å². The maximum absolute atomic E-state index is 14.8. The van der Waals surface area contributed by atoms with E-state index in [1.165, 1.54) is 12.1 Å². The molecule has 2 fully saturated rings. The third-order valence-electron chi connectivity index (χ3n) is 7.78. The van der Waals surface area contributed by atoms with Crippen LogP contribution in [0.4, 0.5) is 9.18 Å². The minimum absolute atomic E-state index is 0.0275. The maximum Gasteiger partial charge on any atom is 0.410 e. The second-order valence-corrected chi connectivity index (χ2v) is 11.9. The summed E-state index contributed by atoms with van der Waals surface area (Å²) in [4.78, 5) is 56.0. The minimum atomic E-state index is -0.613. The van der Waals surface area contributed by atoms with Gasteiger partial charge in [0.25, 0.3) is 11.5 Å². The number of carbonyl (C=O) groups excluding carboxylic acids is 3. The van der Waals surface area contributed by atoms with Crippen LogP contribution in [0, 0.1) is 11.7 Å². The normalized spacial score (nSPS) is 16.5.